The van der Waals surface area contributed by atoms with E-state index in [2.05, 4.69) is 166 Å². The maximum Gasteiger partial charge on any atom is 0.532 e. The third-order valence-corrected chi connectivity index (χ3v) is 60.7. The molecule has 0 atom stereocenters. The smallest absolute Gasteiger partial charge is 0.233 e. The zero-order valence-electron chi connectivity index (χ0n) is 75.1. The second-order valence-corrected chi connectivity index (χ2v) is 63.2. The fourth-order valence-electron chi connectivity index (χ4n) is 14.1. The highest BCUT2D eigenvalue weighted by Crippen LogP contribution is 2.77. The van der Waals surface area contributed by atoms with Crippen LogP contribution in [0.3, 0.4) is 0 Å². The lowest BCUT2D eigenvalue weighted by Crippen LogP contribution is -2.19. The van der Waals surface area contributed by atoms with Crippen molar-refractivity contribution in [1.29, 1.82) is 0 Å². The van der Waals surface area contributed by atoms with Crippen LogP contribution in [0, 0.1) is 0 Å². The molecule has 0 aliphatic rings. The summed E-state index contributed by atoms with van der Waals surface area (Å²) in [4.78, 5) is 0. The van der Waals surface area contributed by atoms with Crippen molar-refractivity contribution in [2.24, 2.45) is 0 Å². The molecule has 28 heteroatoms. The van der Waals surface area contributed by atoms with E-state index in [-0.39, 0.29) is 0 Å². The first-order valence-corrected chi connectivity index (χ1v) is 66.4. The van der Waals surface area contributed by atoms with E-state index in [1.54, 1.807) is 0 Å². The van der Waals surface area contributed by atoms with E-state index < -0.39 is 114 Å². The van der Waals surface area contributed by atoms with Crippen LogP contribution in [0.1, 0.15) is 372 Å². The van der Waals surface area contributed by atoms with E-state index in [1.807, 2.05) is 0 Å². The summed E-state index contributed by atoms with van der Waals surface area (Å²) in [5, 5.41) is 0. The Morgan fingerprint density at radius 2 is 0.222 bits per heavy atom. The Morgan fingerprint density at radius 3 is 0.278 bits per heavy atom. The standard InChI is InChI=1S/4C20H46FO3PS2/c4*1-7-13-19-26(15-9-3,16-10-4)23-25(21,22)24-27(17-11-5,18-12-6)20-14-8-2/h4*7-20H2,1-6H3. The van der Waals surface area contributed by atoms with Crippen molar-refractivity contribution in [2.45, 2.75) is 372 Å². The van der Waals surface area contributed by atoms with Crippen molar-refractivity contribution in [3.63, 3.8) is 0 Å². The summed E-state index contributed by atoms with van der Waals surface area (Å²) in [5.74, 6) is 19.7. The van der Waals surface area contributed by atoms with Gasteiger partial charge in [-0.25, -0.2) is 50.0 Å². The molecule has 0 rings (SSSR count). The van der Waals surface area contributed by atoms with E-state index in [9.17, 15) is 18.3 Å². The highest BCUT2D eigenvalue weighted by Gasteiger charge is 2.46. The highest BCUT2D eigenvalue weighted by atomic mass is 32.3. The van der Waals surface area contributed by atoms with Gasteiger partial charge < -0.3 is 0 Å². The van der Waals surface area contributed by atoms with Crippen molar-refractivity contribution in [3.8, 4) is 0 Å². The van der Waals surface area contributed by atoms with Gasteiger partial charge >= 0.3 is 31.6 Å². The molecule has 672 valence electrons. The molecule has 0 aliphatic carbocycles. The summed E-state index contributed by atoms with van der Waals surface area (Å²) in [6.45, 7) is 50.7. The number of hydrogen-bond donors (Lipinski definition) is 0. The number of halogens is 4. The molecule has 0 saturated heterocycles. The van der Waals surface area contributed by atoms with Crippen LogP contribution in [0.2, 0.25) is 0 Å². The summed E-state index contributed by atoms with van der Waals surface area (Å²) in [7, 11) is -31.8. The van der Waals surface area contributed by atoms with Gasteiger partial charge in [-0.3, -0.25) is 0 Å². The summed E-state index contributed by atoms with van der Waals surface area (Å²) in [6, 6.07) is 0. The van der Waals surface area contributed by atoms with Gasteiger partial charge in [0.1, 0.15) is 0 Å². The first-order valence-electron chi connectivity index (χ1n) is 44.1. The third kappa shape index (κ3) is 53.0. The van der Waals surface area contributed by atoms with Crippen molar-refractivity contribution >= 4 is 114 Å². The van der Waals surface area contributed by atoms with Crippen molar-refractivity contribution < 1.29 is 66.8 Å². The second-order valence-electron chi connectivity index (χ2n) is 29.8. The lowest BCUT2D eigenvalue weighted by molar-refractivity contribution is 0.362. The largest absolute Gasteiger partial charge is 0.532 e. The van der Waals surface area contributed by atoms with Crippen LogP contribution in [-0.4, -0.2) is 138 Å². The van der Waals surface area contributed by atoms with E-state index in [4.69, 9.17) is 31.8 Å². The molecule has 108 heavy (non-hydrogen) atoms. The van der Waals surface area contributed by atoms with Crippen LogP contribution in [0.15, 0.2) is 0 Å². The lowest BCUT2D eigenvalue weighted by atomic mass is 10.4. The average molecular weight is 1790 g/mol. The Bertz CT molecular complexity index is 1820. The van der Waals surface area contributed by atoms with E-state index >= 15 is 16.8 Å². The average Bonchev–Trinajstić information content (AvgIpc) is 0.824. The Balaban J connectivity index is -0.000000668. The van der Waals surface area contributed by atoms with Crippen LogP contribution < -0.4 is 0 Å². The molecule has 0 aromatic carbocycles. The van der Waals surface area contributed by atoms with Gasteiger partial charge in [-0.05, 0) is 292 Å². The molecule has 0 N–H and O–H groups in total. The van der Waals surface area contributed by atoms with Gasteiger partial charge in [0.05, 0.1) is 0 Å². The summed E-state index contributed by atoms with van der Waals surface area (Å²) >= 11 is 0. The van der Waals surface area contributed by atoms with E-state index in [0.29, 0.717) is 0 Å². The van der Waals surface area contributed by atoms with Crippen LogP contribution in [0.4, 0.5) is 16.8 Å². The van der Waals surface area contributed by atoms with Crippen molar-refractivity contribution in [2.75, 3.05) is 138 Å². The highest BCUT2D eigenvalue weighted by molar-refractivity contribution is 8.35. The fourth-order valence-corrected chi connectivity index (χ4v) is 58.0. The molecule has 0 bridgehead atoms. The Morgan fingerprint density at radius 1 is 0.148 bits per heavy atom. The monoisotopic (exact) mass is 1790 g/mol. The minimum Gasteiger partial charge on any atom is -0.233 e. The van der Waals surface area contributed by atoms with Crippen molar-refractivity contribution in [1.82, 2.24) is 0 Å². The Labute approximate surface area is 685 Å². The predicted octanol–water partition coefficient (Wildman–Crippen LogP) is 35.1. The number of rotatable bonds is 72. The Kier molecular flexibility index (Phi) is 73.7. The molecule has 0 spiro atoms. The number of hydrogen-bond acceptors (Lipinski definition) is 12. The topological polar surface area (TPSA) is 142 Å². The Hall–Kier alpha value is 3.12. The molecule has 0 saturated carbocycles. The quantitative estimate of drug-likeness (QED) is 0.0422. The van der Waals surface area contributed by atoms with Gasteiger partial charge in [0, 0.05) is 0 Å². The van der Waals surface area contributed by atoms with Gasteiger partial charge in [-0.2, -0.15) is 0 Å². The summed E-state index contributed by atoms with van der Waals surface area (Å²) in [5.41, 5.74) is 0. The molecule has 0 amide bonds. The zero-order chi connectivity index (χ0) is 83.3. The third-order valence-electron chi connectivity index (χ3n) is 18.2. The molecule has 0 heterocycles. The molecule has 0 aromatic heterocycles. The molecular weight excluding hydrogens is 1610 g/mol. The van der Waals surface area contributed by atoms with Crippen LogP contribution in [0.25, 0.3) is 0 Å². The molecule has 0 radical (unpaired) electrons. The van der Waals surface area contributed by atoms with Gasteiger partial charge in [0.15, 0.2) is 0 Å². The lowest BCUT2D eigenvalue weighted by Gasteiger charge is -2.43. The predicted molar refractivity (Wildman–Crippen MR) is 505 cm³/mol. The first-order chi connectivity index (χ1) is 51.1. The number of unbranched alkanes of at least 4 members (excludes halogenated alkanes) is 8. The minimum atomic E-state index is -4.56. The molecule has 0 aromatic rings. The maximum atomic E-state index is 15.4. The molecular formula is C80H184F4O12P4S8. The molecule has 0 aliphatic heterocycles. The van der Waals surface area contributed by atoms with Gasteiger partial charge in [0.25, 0.3) is 0 Å². The van der Waals surface area contributed by atoms with Crippen LogP contribution in [0.5, 0.6) is 0 Å². The van der Waals surface area contributed by atoms with Crippen LogP contribution in [-0.2, 0) is 50.0 Å². The normalized spacial score (nSPS) is 14.5. The van der Waals surface area contributed by atoms with Gasteiger partial charge in [-0.15, -0.1) is 99.3 Å². The first kappa shape index (κ1) is 117. The summed E-state index contributed by atoms with van der Waals surface area (Å²) < 4.78 is 161. The molecule has 0 fully saturated rings. The van der Waals surface area contributed by atoms with Gasteiger partial charge in [-0.1, -0.05) is 218 Å². The second kappa shape index (κ2) is 67.7. The minimum absolute atomic E-state index is 0.816. The SMILES string of the molecule is CCCCS(CCC)(CCC)OP(=O)(F)OS(CCC)(CCC)CCCC.CCCCS(CCC)(CCC)OP(=O)(F)OS(CCC)(CCC)CCCC.CCCCS(CCC)(CCC)OP(=O)(F)OS(CCC)(CCC)CCCC.CCCCS(CCC)(CCC)OP(=O)(F)OS(CCC)(CCC)CCCC. The van der Waals surface area contributed by atoms with E-state index in [1.165, 1.54) is 0 Å². The molecule has 0 unspecified atom stereocenters. The fraction of sp³-hybridized carbons (Fsp3) is 1.00. The van der Waals surface area contributed by atoms with Crippen molar-refractivity contribution in [3.05, 3.63) is 0 Å². The maximum absolute atomic E-state index is 15.4. The zero-order valence-corrected chi connectivity index (χ0v) is 85.2. The van der Waals surface area contributed by atoms with E-state index in [0.717, 1.165) is 344 Å². The van der Waals surface area contributed by atoms with Gasteiger partial charge in [0.2, 0.25) is 0 Å². The molecule has 12 nitrogen and oxygen atoms in total. The van der Waals surface area contributed by atoms with Crippen LogP contribution >= 0.6 is 114 Å². The summed E-state index contributed by atoms with van der Waals surface area (Å²) in [6.07, 6.45) is 31.1.